The lowest BCUT2D eigenvalue weighted by molar-refractivity contribution is 0.403. The Morgan fingerprint density at radius 3 is 2.50 bits per heavy atom. The molecular formula is C20H19N3O4S. The number of rotatable bonds is 4. The van der Waals surface area contributed by atoms with Gasteiger partial charge in [-0.15, -0.1) is 0 Å². The molecule has 144 valence electrons. The fourth-order valence-electron chi connectivity index (χ4n) is 3.05. The maximum atomic E-state index is 13.1. The first-order chi connectivity index (χ1) is 13.2. The molecule has 0 amide bonds. The fraction of sp³-hybridized carbons (Fsp3) is 0.200. The Kier molecular flexibility index (Phi) is 4.87. The molecule has 0 aliphatic carbocycles. The summed E-state index contributed by atoms with van der Waals surface area (Å²) in [5.74, 6) is 0.111. The SMILES string of the molecule is [C-]#[N+]c1ccc(S(=O)(=O)N(C)c2ccc3c(c2)cc(C)c(=O)n3C)c(OC)c1. The predicted octanol–water partition coefficient (Wildman–Crippen LogP) is 3.23. The van der Waals surface area contributed by atoms with Crippen LogP contribution in [0.25, 0.3) is 15.7 Å². The first-order valence-corrected chi connectivity index (χ1v) is 9.79. The van der Waals surface area contributed by atoms with Crippen molar-refractivity contribution < 1.29 is 13.2 Å². The highest BCUT2D eigenvalue weighted by atomic mass is 32.2. The van der Waals surface area contributed by atoms with Gasteiger partial charge in [0, 0.05) is 25.0 Å². The summed E-state index contributed by atoms with van der Waals surface area (Å²) >= 11 is 0. The van der Waals surface area contributed by atoms with Gasteiger partial charge in [0.15, 0.2) is 5.69 Å². The predicted molar refractivity (Wildman–Crippen MR) is 109 cm³/mol. The Labute approximate surface area is 163 Å². The molecule has 0 saturated carbocycles. The molecule has 7 nitrogen and oxygen atoms in total. The molecule has 0 aliphatic rings. The monoisotopic (exact) mass is 397 g/mol. The van der Waals surface area contributed by atoms with E-state index in [-0.39, 0.29) is 16.2 Å². The van der Waals surface area contributed by atoms with Gasteiger partial charge in [-0.3, -0.25) is 9.10 Å². The Balaban J connectivity index is 2.13. The molecule has 0 fully saturated rings. The van der Waals surface area contributed by atoms with E-state index in [0.29, 0.717) is 22.5 Å². The van der Waals surface area contributed by atoms with Crippen LogP contribution in [0.4, 0.5) is 11.4 Å². The van der Waals surface area contributed by atoms with E-state index in [9.17, 15) is 13.2 Å². The van der Waals surface area contributed by atoms with E-state index in [2.05, 4.69) is 4.85 Å². The quantitative estimate of drug-likeness (QED) is 0.634. The number of aromatic nitrogens is 1. The van der Waals surface area contributed by atoms with Crippen LogP contribution < -0.4 is 14.6 Å². The molecule has 0 unspecified atom stereocenters. The van der Waals surface area contributed by atoms with Crippen LogP contribution in [0.15, 0.2) is 52.2 Å². The van der Waals surface area contributed by atoms with Crippen molar-refractivity contribution in [3.05, 3.63) is 69.8 Å². The Bertz CT molecular complexity index is 1290. The lowest BCUT2D eigenvalue weighted by atomic mass is 10.1. The minimum Gasteiger partial charge on any atom is -0.497 e. The third-order valence-corrected chi connectivity index (χ3v) is 6.49. The Hall–Kier alpha value is -3.31. The fourth-order valence-corrected chi connectivity index (χ4v) is 4.38. The number of aryl methyl sites for hydroxylation is 2. The van der Waals surface area contributed by atoms with Gasteiger partial charge in [-0.05, 0) is 43.3 Å². The van der Waals surface area contributed by atoms with Gasteiger partial charge >= 0.3 is 0 Å². The number of sulfonamides is 1. The van der Waals surface area contributed by atoms with Gasteiger partial charge in [0.25, 0.3) is 15.6 Å². The largest absolute Gasteiger partial charge is 0.497 e. The molecule has 0 atom stereocenters. The summed E-state index contributed by atoms with van der Waals surface area (Å²) < 4.78 is 34.2. The molecule has 28 heavy (non-hydrogen) atoms. The van der Waals surface area contributed by atoms with Gasteiger partial charge in [-0.1, -0.05) is 6.07 Å². The molecule has 1 heterocycles. The van der Waals surface area contributed by atoms with Crippen LogP contribution in [0.5, 0.6) is 5.75 Å². The van der Waals surface area contributed by atoms with Gasteiger partial charge in [0.2, 0.25) is 0 Å². The van der Waals surface area contributed by atoms with E-state index in [4.69, 9.17) is 11.3 Å². The molecule has 0 aliphatic heterocycles. The standard InChI is InChI=1S/C20H19N3O4S/c1-13-10-14-11-16(7-8-17(14)22(3)20(13)24)23(4)28(25,26)19-9-6-15(21-2)12-18(19)27-5/h6-12H,1,3-5H3. The zero-order valence-electron chi connectivity index (χ0n) is 15.9. The van der Waals surface area contributed by atoms with Gasteiger partial charge in [-0.25, -0.2) is 13.3 Å². The molecule has 8 heteroatoms. The number of benzene rings is 2. The third kappa shape index (κ3) is 3.10. The van der Waals surface area contributed by atoms with E-state index in [1.807, 2.05) is 0 Å². The van der Waals surface area contributed by atoms with E-state index in [0.717, 1.165) is 9.69 Å². The molecule has 1 aromatic heterocycles. The summed E-state index contributed by atoms with van der Waals surface area (Å²) in [6.45, 7) is 8.79. The smallest absolute Gasteiger partial charge is 0.267 e. The normalized spacial score (nSPS) is 11.2. The summed E-state index contributed by atoms with van der Waals surface area (Å²) in [4.78, 5) is 15.4. The van der Waals surface area contributed by atoms with Crippen LogP contribution in [0.1, 0.15) is 5.56 Å². The number of hydrogen-bond acceptors (Lipinski definition) is 4. The van der Waals surface area contributed by atoms with Crippen molar-refractivity contribution in [3.8, 4) is 5.75 Å². The third-order valence-electron chi connectivity index (χ3n) is 4.66. The highest BCUT2D eigenvalue weighted by molar-refractivity contribution is 7.92. The van der Waals surface area contributed by atoms with Crippen LogP contribution in [0, 0.1) is 13.5 Å². The van der Waals surface area contributed by atoms with Crippen LogP contribution in [-0.4, -0.2) is 27.1 Å². The van der Waals surface area contributed by atoms with Crippen molar-refractivity contribution >= 4 is 32.3 Å². The second-order valence-corrected chi connectivity index (χ2v) is 8.29. The van der Waals surface area contributed by atoms with Crippen molar-refractivity contribution in [3.63, 3.8) is 0 Å². The average molecular weight is 397 g/mol. The maximum Gasteiger partial charge on any atom is 0.267 e. The summed E-state index contributed by atoms with van der Waals surface area (Å²) in [5.41, 5.74) is 1.94. The number of methoxy groups -OCH3 is 1. The van der Waals surface area contributed by atoms with E-state index in [1.54, 1.807) is 38.2 Å². The van der Waals surface area contributed by atoms with Crippen LogP contribution >= 0.6 is 0 Å². The zero-order valence-corrected chi connectivity index (χ0v) is 16.7. The van der Waals surface area contributed by atoms with Crippen molar-refractivity contribution in [1.82, 2.24) is 4.57 Å². The Morgan fingerprint density at radius 2 is 1.86 bits per heavy atom. The molecule has 0 bridgehead atoms. The maximum absolute atomic E-state index is 13.1. The van der Waals surface area contributed by atoms with Crippen LogP contribution in [0.2, 0.25) is 0 Å². The number of nitrogens with zero attached hydrogens (tertiary/aromatic N) is 3. The highest BCUT2D eigenvalue weighted by Crippen LogP contribution is 2.33. The summed E-state index contributed by atoms with van der Waals surface area (Å²) in [7, 11) is 0.577. The number of hydrogen-bond donors (Lipinski definition) is 0. The summed E-state index contributed by atoms with van der Waals surface area (Å²) in [6, 6.07) is 11.0. The lowest BCUT2D eigenvalue weighted by Crippen LogP contribution is -2.27. The van der Waals surface area contributed by atoms with Crippen molar-refractivity contribution in [1.29, 1.82) is 0 Å². The van der Waals surface area contributed by atoms with Crippen molar-refractivity contribution in [2.45, 2.75) is 11.8 Å². The number of ether oxygens (including phenoxy) is 1. The van der Waals surface area contributed by atoms with Gasteiger partial charge in [0.1, 0.15) is 10.6 Å². The molecule has 0 spiro atoms. The molecule has 0 radical (unpaired) electrons. The lowest BCUT2D eigenvalue weighted by Gasteiger charge is -2.21. The highest BCUT2D eigenvalue weighted by Gasteiger charge is 2.25. The Morgan fingerprint density at radius 1 is 1.14 bits per heavy atom. The first-order valence-electron chi connectivity index (χ1n) is 8.35. The summed E-state index contributed by atoms with van der Waals surface area (Å²) in [6.07, 6.45) is 0. The van der Waals surface area contributed by atoms with Crippen LogP contribution in [-0.2, 0) is 17.1 Å². The topological polar surface area (TPSA) is 73.0 Å². The molecule has 3 aromatic rings. The zero-order chi connectivity index (χ0) is 20.6. The van der Waals surface area contributed by atoms with Gasteiger partial charge in [-0.2, -0.15) is 0 Å². The average Bonchev–Trinajstić information content (AvgIpc) is 2.70. The van der Waals surface area contributed by atoms with E-state index in [1.165, 1.54) is 36.9 Å². The minimum atomic E-state index is -3.92. The molecule has 3 rings (SSSR count). The second-order valence-electron chi connectivity index (χ2n) is 6.35. The van der Waals surface area contributed by atoms with Crippen molar-refractivity contribution in [2.75, 3.05) is 18.5 Å². The molecule has 0 saturated heterocycles. The first kappa shape index (κ1) is 19.5. The van der Waals surface area contributed by atoms with Crippen molar-refractivity contribution in [2.24, 2.45) is 7.05 Å². The molecule has 0 N–H and O–H groups in total. The molecule has 2 aromatic carbocycles. The number of fused-ring (bicyclic) bond motifs is 1. The molecular weight excluding hydrogens is 378 g/mol. The van der Waals surface area contributed by atoms with Gasteiger partial charge < -0.3 is 9.30 Å². The van der Waals surface area contributed by atoms with Gasteiger partial charge in [0.05, 0.1) is 24.9 Å². The number of anilines is 1. The number of pyridine rings is 1. The second kappa shape index (κ2) is 7.02. The minimum absolute atomic E-state index is 0.0263. The van der Waals surface area contributed by atoms with Crippen LogP contribution in [0.3, 0.4) is 0 Å². The van der Waals surface area contributed by atoms with E-state index < -0.39 is 10.0 Å². The summed E-state index contributed by atoms with van der Waals surface area (Å²) in [5, 5.41) is 0.759. The van der Waals surface area contributed by atoms with E-state index >= 15 is 0 Å².